The van der Waals surface area contributed by atoms with Crippen molar-refractivity contribution < 1.29 is 4.74 Å². The Morgan fingerprint density at radius 1 is 1.42 bits per heavy atom. The Kier molecular flexibility index (Phi) is 4.58. The molecule has 1 aliphatic rings. The van der Waals surface area contributed by atoms with Crippen LogP contribution in [0.1, 0.15) is 20.3 Å². The highest BCUT2D eigenvalue weighted by Crippen LogP contribution is 1.96. The van der Waals surface area contributed by atoms with Gasteiger partial charge in [-0.1, -0.05) is 0 Å². The fourth-order valence-corrected chi connectivity index (χ4v) is 1.36. The topological polar surface area (TPSA) is 33.3 Å². The maximum atomic E-state index is 5.48. The van der Waals surface area contributed by atoms with Crippen LogP contribution in [-0.2, 0) is 4.74 Å². The van der Waals surface area contributed by atoms with Crippen LogP contribution in [0.15, 0.2) is 0 Å². The normalized spacial score (nSPS) is 24.8. The van der Waals surface area contributed by atoms with E-state index in [0.717, 1.165) is 32.7 Å². The monoisotopic (exact) mass is 172 g/mol. The Balaban J connectivity index is 1.98. The van der Waals surface area contributed by atoms with E-state index in [1.54, 1.807) is 0 Å². The van der Waals surface area contributed by atoms with Gasteiger partial charge in [0.2, 0.25) is 0 Å². The number of piperazine rings is 1. The Morgan fingerprint density at radius 2 is 2.25 bits per heavy atom. The zero-order chi connectivity index (χ0) is 8.81. The highest BCUT2D eigenvalue weighted by Gasteiger charge is 2.11. The third-order valence-electron chi connectivity index (χ3n) is 2.04. The van der Waals surface area contributed by atoms with Crippen LogP contribution in [0.25, 0.3) is 0 Å². The molecule has 1 rings (SSSR count). The molecule has 1 saturated heterocycles. The summed E-state index contributed by atoms with van der Waals surface area (Å²) in [5.74, 6) is 0. The number of ether oxygens (including phenoxy) is 1. The molecule has 1 unspecified atom stereocenters. The summed E-state index contributed by atoms with van der Waals surface area (Å²) in [4.78, 5) is 0. The molecule has 0 bridgehead atoms. The molecular formula is C9H20N2O. The van der Waals surface area contributed by atoms with Crippen molar-refractivity contribution in [1.82, 2.24) is 10.6 Å². The minimum atomic E-state index is 0.363. The first kappa shape index (κ1) is 9.96. The number of hydrogen-bond acceptors (Lipinski definition) is 3. The molecule has 1 fully saturated rings. The van der Waals surface area contributed by atoms with Gasteiger partial charge in [0.25, 0.3) is 0 Å². The number of hydrogen-bond donors (Lipinski definition) is 2. The van der Waals surface area contributed by atoms with E-state index in [1.807, 2.05) is 0 Å². The first-order chi connectivity index (χ1) is 5.79. The van der Waals surface area contributed by atoms with E-state index in [0.29, 0.717) is 12.1 Å². The second kappa shape index (κ2) is 5.51. The number of rotatable bonds is 4. The van der Waals surface area contributed by atoms with E-state index in [9.17, 15) is 0 Å². The van der Waals surface area contributed by atoms with E-state index in [1.165, 1.54) is 0 Å². The first-order valence-electron chi connectivity index (χ1n) is 4.84. The van der Waals surface area contributed by atoms with Crippen molar-refractivity contribution in [2.45, 2.75) is 32.4 Å². The number of nitrogens with one attached hydrogen (secondary N) is 2. The summed E-state index contributed by atoms with van der Waals surface area (Å²) in [6.07, 6.45) is 1.48. The van der Waals surface area contributed by atoms with Crippen molar-refractivity contribution in [3.8, 4) is 0 Å². The van der Waals surface area contributed by atoms with Gasteiger partial charge in [0.1, 0.15) is 0 Å². The minimum absolute atomic E-state index is 0.363. The van der Waals surface area contributed by atoms with E-state index in [-0.39, 0.29) is 0 Å². The summed E-state index contributed by atoms with van der Waals surface area (Å²) in [5, 5.41) is 6.81. The standard InChI is InChI=1S/C9H20N2O/c1-8(2)12-6-3-9-7-10-4-5-11-9/h8-11H,3-7H2,1-2H3. The predicted molar refractivity (Wildman–Crippen MR) is 50.4 cm³/mol. The molecule has 0 aromatic heterocycles. The lowest BCUT2D eigenvalue weighted by Gasteiger charge is -2.24. The molecule has 12 heavy (non-hydrogen) atoms. The molecule has 3 nitrogen and oxygen atoms in total. The summed E-state index contributed by atoms with van der Waals surface area (Å²) >= 11 is 0. The smallest absolute Gasteiger partial charge is 0.0518 e. The van der Waals surface area contributed by atoms with Gasteiger partial charge in [0.05, 0.1) is 6.10 Å². The molecule has 0 aromatic rings. The van der Waals surface area contributed by atoms with Gasteiger partial charge in [-0.2, -0.15) is 0 Å². The van der Waals surface area contributed by atoms with Crippen molar-refractivity contribution in [3.63, 3.8) is 0 Å². The van der Waals surface area contributed by atoms with E-state index < -0.39 is 0 Å². The van der Waals surface area contributed by atoms with Gasteiger partial charge >= 0.3 is 0 Å². The van der Waals surface area contributed by atoms with Gasteiger partial charge in [0.15, 0.2) is 0 Å². The highest BCUT2D eigenvalue weighted by atomic mass is 16.5. The van der Waals surface area contributed by atoms with E-state index in [2.05, 4.69) is 24.5 Å². The molecule has 0 radical (unpaired) electrons. The molecule has 72 valence electrons. The average molecular weight is 172 g/mol. The van der Waals surface area contributed by atoms with Crippen LogP contribution < -0.4 is 10.6 Å². The zero-order valence-corrected chi connectivity index (χ0v) is 8.10. The molecule has 1 aliphatic heterocycles. The van der Waals surface area contributed by atoms with Crippen LogP contribution >= 0.6 is 0 Å². The Bertz CT molecular complexity index is 111. The summed E-state index contributed by atoms with van der Waals surface area (Å²) in [6.45, 7) is 8.30. The van der Waals surface area contributed by atoms with Crippen LogP contribution in [0.2, 0.25) is 0 Å². The predicted octanol–water partition coefficient (Wildman–Crippen LogP) is 0.363. The van der Waals surface area contributed by atoms with Gasteiger partial charge in [-0.05, 0) is 20.3 Å². The first-order valence-corrected chi connectivity index (χ1v) is 4.84. The summed E-state index contributed by atoms with van der Waals surface area (Å²) in [6, 6.07) is 0.609. The van der Waals surface area contributed by atoms with E-state index in [4.69, 9.17) is 4.74 Å². The molecule has 1 atom stereocenters. The molecule has 0 aliphatic carbocycles. The third kappa shape index (κ3) is 4.04. The zero-order valence-electron chi connectivity index (χ0n) is 8.10. The molecule has 0 saturated carbocycles. The fraction of sp³-hybridized carbons (Fsp3) is 1.00. The molecule has 2 N–H and O–H groups in total. The molecule has 0 spiro atoms. The SMILES string of the molecule is CC(C)OCCC1CNCCN1. The van der Waals surface area contributed by atoms with Gasteiger partial charge in [-0.25, -0.2) is 0 Å². The molecule has 1 heterocycles. The lowest BCUT2D eigenvalue weighted by Crippen LogP contribution is -2.48. The lowest BCUT2D eigenvalue weighted by atomic mass is 10.2. The highest BCUT2D eigenvalue weighted by molar-refractivity contribution is 4.74. The van der Waals surface area contributed by atoms with Gasteiger partial charge in [-0.15, -0.1) is 0 Å². The quantitative estimate of drug-likeness (QED) is 0.642. The van der Waals surface area contributed by atoms with Crippen molar-refractivity contribution in [2.75, 3.05) is 26.2 Å². The molecule has 3 heteroatoms. The van der Waals surface area contributed by atoms with Crippen molar-refractivity contribution >= 4 is 0 Å². The van der Waals surface area contributed by atoms with Crippen LogP contribution in [0, 0.1) is 0 Å². The molecular weight excluding hydrogens is 152 g/mol. The third-order valence-corrected chi connectivity index (χ3v) is 2.04. The maximum Gasteiger partial charge on any atom is 0.0518 e. The molecule has 0 amide bonds. The van der Waals surface area contributed by atoms with Gasteiger partial charge in [0, 0.05) is 32.3 Å². The average Bonchev–Trinajstić information content (AvgIpc) is 2.05. The van der Waals surface area contributed by atoms with Crippen molar-refractivity contribution in [2.24, 2.45) is 0 Å². The fourth-order valence-electron chi connectivity index (χ4n) is 1.36. The summed E-state index contributed by atoms with van der Waals surface area (Å²) in [5.41, 5.74) is 0. The van der Waals surface area contributed by atoms with Crippen molar-refractivity contribution in [1.29, 1.82) is 0 Å². The van der Waals surface area contributed by atoms with Crippen LogP contribution in [0.3, 0.4) is 0 Å². The summed E-state index contributed by atoms with van der Waals surface area (Å²) in [7, 11) is 0. The van der Waals surface area contributed by atoms with Crippen LogP contribution in [0.4, 0.5) is 0 Å². The summed E-state index contributed by atoms with van der Waals surface area (Å²) < 4.78 is 5.48. The second-order valence-electron chi connectivity index (χ2n) is 3.56. The Labute approximate surface area is 74.9 Å². The Morgan fingerprint density at radius 3 is 2.83 bits per heavy atom. The largest absolute Gasteiger partial charge is 0.379 e. The van der Waals surface area contributed by atoms with Gasteiger partial charge < -0.3 is 15.4 Å². The van der Waals surface area contributed by atoms with E-state index >= 15 is 0 Å². The maximum absolute atomic E-state index is 5.48. The lowest BCUT2D eigenvalue weighted by molar-refractivity contribution is 0.0706. The van der Waals surface area contributed by atoms with Gasteiger partial charge in [-0.3, -0.25) is 0 Å². The Hall–Kier alpha value is -0.120. The van der Waals surface area contributed by atoms with Crippen molar-refractivity contribution in [3.05, 3.63) is 0 Å². The van der Waals surface area contributed by atoms with Crippen LogP contribution in [-0.4, -0.2) is 38.4 Å². The van der Waals surface area contributed by atoms with Crippen LogP contribution in [0.5, 0.6) is 0 Å². The second-order valence-corrected chi connectivity index (χ2v) is 3.56. The minimum Gasteiger partial charge on any atom is -0.379 e. The molecule has 0 aromatic carbocycles.